The third kappa shape index (κ3) is 4.80. The maximum absolute atomic E-state index is 13.3. The zero-order chi connectivity index (χ0) is 21.8. The van der Waals surface area contributed by atoms with Gasteiger partial charge < -0.3 is 19.3 Å². The Hall–Kier alpha value is -1.93. The van der Waals surface area contributed by atoms with Crippen molar-refractivity contribution in [2.24, 2.45) is 0 Å². The molecule has 3 heterocycles. The highest BCUT2D eigenvalue weighted by Crippen LogP contribution is 2.39. The van der Waals surface area contributed by atoms with Crippen molar-refractivity contribution in [3.05, 3.63) is 23.8 Å². The number of amides is 2. The number of carbonyl (C=O) groups is 2. The highest BCUT2D eigenvalue weighted by molar-refractivity contribution is 7.99. The summed E-state index contributed by atoms with van der Waals surface area (Å²) in [4.78, 5) is 32.5. The van der Waals surface area contributed by atoms with Crippen molar-refractivity contribution in [1.82, 2.24) is 14.7 Å². The molecule has 2 atom stereocenters. The van der Waals surface area contributed by atoms with E-state index in [2.05, 4.69) is 4.90 Å². The number of nitrogens with zero attached hydrogens (tertiary/aromatic N) is 3. The van der Waals surface area contributed by atoms with Crippen molar-refractivity contribution in [3.63, 3.8) is 0 Å². The second-order valence-electron chi connectivity index (χ2n) is 8.42. The third-order valence-corrected chi connectivity index (χ3v) is 7.63. The first-order valence-electron chi connectivity index (χ1n) is 11.2. The molecule has 1 aromatic rings. The van der Waals surface area contributed by atoms with Crippen molar-refractivity contribution in [3.8, 4) is 11.5 Å². The van der Waals surface area contributed by atoms with E-state index < -0.39 is 0 Å². The highest BCUT2D eigenvalue weighted by Gasteiger charge is 2.38. The Kier molecular flexibility index (Phi) is 7.27. The quantitative estimate of drug-likeness (QED) is 0.667. The van der Waals surface area contributed by atoms with Crippen LogP contribution in [0.5, 0.6) is 11.5 Å². The summed E-state index contributed by atoms with van der Waals surface area (Å²) in [5, 5.41) is 0. The number of hydrogen-bond donors (Lipinski definition) is 0. The van der Waals surface area contributed by atoms with E-state index in [1.165, 1.54) is 0 Å². The molecule has 0 aromatic heterocycles. The van der Waals surface area contributed by atoms with Gasteiger partial charge in [-0.25, -0.2) is 0 Å². The fourth-order valence-electron chi connectivity index (χ4n) is 5.04. The van der Waals surface area contributed by atoms with Crippen molar-refractivity contribution < 1.29 is 19.1 Å². The van der Waals surface area contributed by atoms with E-state index in [9.17, 15) is 9.59 Å². The van der Waals surface area contributed by atoms with Gasteiger partial charge in [-0.2, -0.15) is 11.8 Å². The number of rotatable bonds is 6. The van der Waals surface area contributed by atoms with Crippen LogP contribution in [0.2, 0.25) is 0 Å². The topological polar surface area (TPSA) is 62.3 Å². The predicted octanol–water partition coefficient (Wildman–Crippen LogP) is 2.41. The van der Waals surface area contributed by atoms with Gasteiger partial charge in [-0.1, -0.05) is 0 Å². The smallest absolute Gasteiger partial charge is 0.239 e. The zero-order valence-corrected chi connectivity index (χ0v) is 19.4. The van der Waals surface area contributed by atoms with Crippen LogP contribution >= 0.6 is 11.8 Å². The molecular formula is C23H33N3O4S. The van der Waals surface area contributed by atoms with E-state index in [1.807, 2.05) is 39.8 Å². The normalized spacial score (nSPS) is 24.5. The van der Waals surface area contributed by atoms with E-state index in [1.54, 1.807) is 14.2 Å². The summed E-state index contributed by atoms with van der Waals surface area (Å²) in [5.74, 6) is 3.83. The number of carbonyl (C=O) groups excluding carboxylic acids is 2. The Morgan fingerprint density at radius 3 is 2.55 bits per heavy atom. The van der Waals surface area contributed by atoms with Gasteiger partial charge in [0.25, 0.3) is 0 Å². The summed E-state index contributed by atoms with van der Waals surface area (Å²) in [5.41, 5.74) is 1.02. The van der Waals surface area contributed by atoms with Crippen molar-refractivity contribution in [2.45, 2.75) is 37.8 Å². The minimum Gasteiger partial charge on any atom is -0.497 e. The monoisotopic (exact) mass is 447 g/mol. The summed E-state index contributed by atoms with van der Waals surface area (Å²) in [6, 6.07) is 5.66. The van der Waals surface area contributed by atoms with Gasteiger partial charge in [0.2, 0.25) is 11.8 Å². The van der Waals surface area contributed by atoms with Crippen LogP contribution in [-0.4, -0.2) is 91.0 Å². The molecule has 2 amide bonds. The van der Waals surface area contributed by atoms with Crippen molar-refractivity contribution >= 4 is 23.6 Å². The molecule has 8 heteroatoms. The van der Waals surface area contributed by atoms with Gasteiger partial charge in [0.1, 0.15) is 11.5 Å². The molecule has 2 unspecified atom stereocenters. The molecule has 4 rings (SSSR count). The summed E-state index contributed by atoms with van der Waals surface area (Å²) in [6.07, 6.45) is 3.72. The second kappa shape index (κ2) is 10.1. The van der Waals surface area contributed by atoms with Gasteiger partial charge >= 0.3 is 0 Å². The first kappa shape index (κ1) is 22.3. The Labute approximate surface area is 189 Å². The SMILES string of the molecule is COc1ccc(C2CCCN2C(=O)CN2CCCC2C(=O)N2CCSCC2)c(OC)c1. The summed E-state index contributed by atoms with van der Waals surface area (Å²) in [6.45, 7) is 3.53. The zero-order valence-electron chi connectivity index (χ0n) is 18.5. The molecule has 3 aliphatic rings. The van der Waals surface area contributed by atoms with Crippen LogP contribution in [-0.2, 0) is 9.59 Å². The molecule has 7 nitrogen and oxygen atoms in total. The largest absolute Gasteiger partial charge is 0.497 e. The minimum absolute atomic E-state index is 0.00392. The molecule has 0 radical (unpaired) electrons. The molecule has 3 saturated heterocycles. The van der Waals surface area contributed by atoms with Crippen molar-refractivity contribution in [2.75, 3.05) is 58.4 Å². The maximum atomic E-state index is 13.3. The molecule has 31 heavy (non-hydrogen) atoms. The number of thioether (sulfide) groups is 1. The van der Waals surface area contributed by atoms with Crippen LogP contribution < -0.4 is 9.47 Å². The lowest BCUT2D eigenvalue weighted by molar-refractivity contribution is -0.138. The Morgan fingerprint density at radius 2 is 1.81 bits per heavy atom. The fraction of sp³-hybridized carbons (Fsp3) is 0.652. The van der Waals surface area contributed by atoms with Crippen LogP contribution in [0.3, 0.4) is 0 Å². The number of ether oxygens (including phenoxy) is 2. The molecule has 3 aliphatic heterocycles. The average Bonchev–Trinajstić information content (AvgIpc) is 3.48. The fourth-order valence-corrected chi connectivity index (χ4v) is 5.94. The summed E-state index contributed by atoms with van der Waals surface area (Å²) < 4.78 is 10.9. The molecule has 0 N–H and O–H groups in total. The van der Waals surface area contributed by atoms with Gasteiger partial charge in [-0.3, -0.25) is 14.5 Å². The molecule has 170 valence electrons. The molecule has 3 fully saturated rings. The van der Waals surface area contributed by atoms with Crippen LogP contribution in [0, 0.1) is 0 Å². The number of likely N-dealkylation sites (tertiary alicyclic amines) is 2. The van der Waals surface area contributed by atoms with E-state index >= 15 is 0 Å². The van der Waals surface area contributed by atoms with Crippen LogP contribution in [0.4, 0.5) is 0 Å². The van der Waals surface area contributed by atoms with E-state index in [-0.39, 0.29) is 23.9 Å². The summed E-state index contributed by atoms with van der Waals surface area (Å²) >= 11 is 1.90. The number of hydrogen-bond acceptors (Lipinski definition) is 6. The molecular weight excluding hydrogens is 414 g/mol. The standard InChI is InChI=1S/C23H33N3O4S/c1-29-17-7-8-18(21(15-17)30-2)19-5-4-10-26(19)22(27)16-25-9-3-6-20(25)23(28)24-11-13-31-14-12-24/h7-8,15,19-20H,3-6,9-14,16H2,1-2H3. The lowest BCUT2D eigenvalue weighted by Crippen LogP contribution is -2.50. The first-order chi connectivity index (χ1) is 15.1. The summed E-state index contributed by atoms with van der Waals surface area (Å²) in [7, 11) is 3.29. The van der Waals surface area contributed by atoms with Gasteiger partial charge in [0, 0.05) is 42.8 Å². The van der Waals surface area contributed by atoms with Gasteiger partial charge in [-0.05, 0) is 44.4 Å². The molecule has 0 aliphatic carbocycles. The maximum Gasteiger partial charge on any atom is 0.239 e. The van der Waals surface area contributed by atoms with Crippen molar-refractivity contribution in [1.29, 1.82) is 0 Å². The molecule has 0 bridgehead atoms. The number of methoxy groups -OCH3 is 2. The van der Waals surface area contributed by atoms with E-state index in [4.69, 9.17) is 9.47 Å². The molecule has 1 aromatic carbocycles. The predicted molar refractivity (Wildman–Crippen MR) is 122 cm³/mol. The lowest BCUT2D eigenvalue weighted by Gasteiger charge is -2.33. The Morgan fingerprint density at radius 1 is 1.03 bits per heavy atom. The Balaban J connectivity index is 1.44. The molecule has 0 saturated carbocycles. The van der Waals surface area contributed by atoms with E-state index in [0.717, 1.165) is 80.4 Å². The minimum atomic E-state index is -0.149. The highest BCUT2D eigenvalue weighted by atomic mass is 32.2. The second-order valence-corrected chi connectivity index (χ2v) is 9.64. The van der Waals surface area contributed by atoms with Gasteiger partial charge in [0.15, 0.2) is 0 Å². The first-order valence-corrected chi connectivity index (χ1v) is 12.4. The lowest BCUT2D eigenvalue weighted by atomic mass is 10.0. The van der Waals surface area contributed by atoms with Gasteiger partial charge in [-0.15, -0.1) is 0 Å². The third-order valence-electron chi connectivity index (χ3n) is 6.68. The average molecular weight is 448 g/mol. The molecule has 0 spiro atoms. The van der Waals surface area contributed by atoms with E-state index in [0.29, 0.717) is 6.54 Å². The Bertz CT molecular complexity index is 799. The van der Waals surface area contributed by atoms with Gasteiger partial charge in [0.05, 0.1) is 32.8 Å². The number of benzene rings is 1. The van der Waals surface area contributed by atoms with Crippen LogP contribution in [0.25, 0.3) is 0 Å². The van der Waals surface area contributed by atoms with Crippen LogP contribution in [0.1, 0.15) is 37.3 Å². The van der Waals surface area contributed by atoms with Crippen LogP contribution in [0.15, 0.2) is 18.2 Å².